The molecule has 0 aliphatic rings. The predicted molar refractivity (Wildman–Crippen MR) is 173 cm³/mol. The normalized spacial score (nSPS) is 16.8. The van der Waals surface area contributed by atoms with Gasteiger partial charge in [0.15, 0.2) is 0 Å². The van der Waals surface area contributed by atoms with Gasteiger partial charge in [-0.2, -0.15) is 0 Å². The molecule has 0 heteroatoms. The summed E-state index contributed by atoms with van der Waals surface area (Å²) in [6, 6.07) is 10.4. The van der Waals surface area contributed by atoms with Crippen LogP contribution in [0, 0.1) is 0 Å². The molecular weight excluding hydrogens is 480 g/mol. The first-order valence-corrected chi connectivity index (χ1v) is 12.6. The van der Waals surface area contributed by atoms with Crippen LogP contribution in [-0.2, 0) is 0 Å². The minimum atomic E-state index is -0.749. The minimum absolute atomic E-state index is 0.0532. The van der Waals surface area contributed by atoms with Gasteiger partial charge in [-0.05, 0) is 82.5 Å². The van der Waals surface area contributed by atoms with Crippen molar-refractivity contribution in [3.63, 3.8) is 0 Å². The third kappa shape index (κ3) is 3.54. The Bertz CT molecular complexity index is 2950. The monoisotopic (exact) mass is 521 g/mol. The van der Waals surface area contributed by atoms with Crippen LogP contribution in [-0.4, -0.2) is 0 Å². The molecule has 8 aromatic carbocycles. The molecule has 40 heavy (non-hydrogen) atoms. The maximum atomic E-state index is 9.37. The van der Waals surface area contributed by atoms with E-state index in [2.05, 4.69) is 0 Å². The number of hydrogen-bond donors (Lipinski definition) is 0. The van der Waals surface area contributed by atoms with Gasteiger partial charge in [-0.1, -0.05) is 151 Å². The highest BCUT2D eigenvalue weighted by molar-refractivity contribution is 6.24. The largest absolute Gasteiger partial charge is 0.0629 e. The summed E-state index contributed by atoms with van der Waals surface area (Å²) in [5.74, 6) is 0. The molecular formula is C40H26. The van der Waals surface area contributed by atoms with Crippen LogP contribution in [0.2, 0.25) is 0 Å². The lowest BCUT2D eigenvalue weighted by Crippen LogP contribution is -1.93. The molecule has 0 atom stereocenters. The summed E-state index contributed by atoms with van der Waals surface area (Å²) in [6.45, 7) is 0. The Morgan fingerprint density at radius 2 is 0.875 bits per heavy atom. The number of fused-ring (bicyclic) bond motifs is 4. The molecule has 0 spiro atoms. The Morgan fingerprint density at radius 3 is 1.57 bits per heavy atom. The lowest BCUT2D eigenvalue weighted by atomic mass is 9.83. The maximum Gasteiger partial charge on any atom is 0.0629 e. The molecule has 8 aromatic rings. The molecule has 0 amide bonds. The van der Waals surface area contributed by atoms with Gasteiger partial charge >= 0.3 is 0 Å². The van der Waals surface area contributed by atoms with Crippen LogP contribution in [0.15, 0.2) is 157 Å². The molecule has 0 aliphatic heterocycles. The second-order valence-electron chi connectivity index (χ2n) is 9.36. The number of rotatable bonds is 3. The molecule has 0 unspecified atom stereocenters. The summed E-state index contributed by atoms with van der Waals surface area (Å²) in [5, 5.41) is 0.156. The van der Waals surface area contributed by atoms with Crippen molar-refractivity contribution in [2.24, 2.45) is 0 Å². The second kappa shape index (κ2) is 9.22. The first kappa shape index (κ1) is 12.3. The molecule has 0 saturated heterocycles. The fourth-order valence-electron chi connectivity index (χ4n) is 5.45. The average Bonchev–Trinajstić information content (AvgIpc) is 3.19. The Labute approximate surface area is 254 Å². The minimum Gasteiger partial charge on any atom is -0.0616 e. The van der Waals surface area contributed by atoms with Gasteiger partial charge in [-0.15, -0.1) is 0 Å². The van der Waals surface area contributed by atoms with Gasteiger partial charge in [0.05, 0.1) is 20.6 Å². The van der Waals surface area contributed by atoms with E-state index >= 15 is 0 Å². The summed E-state index contributed by atoms with van der Waals surface area (Å²) >= 11 is 0. The van der Waals surface area contributed by atoms with E-state index in [1.807, 2.05) is 42.5 Å². The molecule has 0 N–H and O–H groups in total. The molecule has 0 aliphatic carbocycles. The predicted octanol–water partition coefficient (Wildman–Crippen LogP) is 11.3. The zero-order valence-corrected chi connectivity index (χ0v) is 20.9. The number of benzene rings is 8. The van der Waals surface area contributed by atoms with Crippen molar-refractivity contribution in [3.8, 4) is 33.4 Å². The van der Waals surface area contributed by atoms with Crippen molar-refractivity contribution >= 4 is 43.1 Å². The van der Waals surface area contributed by atoms with Gasteiger partial charge in [0, 0.05) is 0 Å². The zero-order valence-electron chi connectivity index (χ0n) is 35.9. The molecule has 0 saturated carbocycles. The van der Waals surface area contributed by atoms with Crippen molar-refractivity contribution in [2.45, 2.75) is 0 Å². The van der Waals surface area contributed by atoms with E-state index in [9.17, 15) is 6.85 Å². The zero-order chi connectivity index (χ0) is 39.5. The maximum absolute atomic E-state index is 9.37. The van der Waals surface area contributed by atoms with Crippen LogP contribution in [0.25, 0.3) is 76.5 Å². The Kier molecular flexibility index (Phi) is 2.84. The topological polar surface area (TPSA) is 0 Å². The lowest BCUT2D eigenvalue weighted by molar-refractivity contribution is 1.62. The molecule has 0 radical (unpaired) electrons. The first-order chi connectivity index (χ1) is 26.1. The summed E-state index contributed by atoms with van der Waals surface area (Å²) < 4.78 is 134. The molecule has 0 bridgehead atoms. The molecule has 0 fully saturated rings. The van der Waals surface area contributed by atoms with Crippen LogP contribution >= 0.6 is 0 Å². The SMILES string of the molecule is [2H]c1c([2H])c([2H])c2c(-c3c4c([2H])c([2H])c([2H])c([2H])c4c(-c4ccccc4-c4ccc5ccccc5c4)c4c([2H])c([2H])c([2H])c([2H])c34)c([2H])c([2H])c([2H])c2c1[2H]. The first-order valence-electron chi connectivity index (χ1n) is 20.1. The second-order valence-corrected chi connectivity index (χ2v) is 9.36. The van der Waals surface area contributed by atoms with Crippen LogP contribution in [0.5, 0.6) is 0 Å². The Hall–Kier alpha value is -5.20. The van der Waals surface area contributed by atoms with E-state index in [0.717, 1.165) is 10.8 Å². The Balaban J connectivity index is 1.72. The fourth-order valence-corrected chi connectivity index (χ4v) is 5.45. The average molecular weight is 522 g/mol. The van der Waals surface area contributed by atoms with Gasteiger partial charge in [0.2, 0.25) is 0 Å². The van der Waals surface area contributed by atoms with Gasteiger partial charge < -0.3 is 0 Å². The van der Waals surface area contributed by atoms with E-state index in [1.165, 1.54) is 0 Å². The third-order valence-corrected chi connectivity index (χ3v) is 7.19. The smallest absolute Gasteiger partial charge is 0.0616 e. The van der Waals surface area contributed by atoms with Gasteiger partial charge in [0.1, 0.15) is 0 Å². The van der Waals surface area contributed by atoms with Crippen molar-refractivity contribution in [1.29, 1.82) is 0 Å². The molecule has 0 aromatic heterocycles. The van der Waals surface area contributed by atoms with Gasteiger partial charge in [0.25, 0.3) is 0 Å². The lowest BCUT2D eigenvalue weighted by Gasteiger charge is -2.20. The fraction of sp³-hybridized carbons (Fsp3) is 0. The van der Waals surface area contributed by atoms with Crippen molar-refractivity contribution in [3.05, 3.63) is 157 Å². The van der Waals surface area contributed by atoms with Gasteiger partial charge in [-0.25, -0.2) is 0 Å². The highest BCUT2D eigenvalue weighted by atomic mass is 14.2. The molecule has 186 valence electrons. The third-order valence-electron chi connectivity index (χ3n) is 7.19. The number of hydrogen-bond acceptors (Lipinski definition) is 0. The highest BCUT2D eigenvalue weighted by Crippen LogP contribution is 2.47. The van der Waals surface area contributed by atoms with Crippen LogP contribution in [0.1, 0.15) is 20.6 Å². The van der Waals surface area contributed by atoms with Crippen molar-refractivity contribution in [2.75, 3.05) is 0 Å². The molecule has 8 rings (SSSR count). The van der Waals surface area contributed by atoms with Gasteiger partial charge in [-0.3, -0.25) is 0 Å². The van der Waals surface area contributed by atoms with E-state index < -0.39 is 107 Å². The summed E-state index contributed by atoms with van der Waals surface area (Å²) in [5.41, 5.74) is 0.942. The summed E-state index contributed by atoms with van der Waals surface area (Å²) in [6.07, 6.45) is 0. The van der Waals surface area contributed by atoms with E-state index in [4.69, 9.17) is 13.7 Å². The van der Waals surface area contributed by atoms with E-state index in [-0.39, 0.29) is 32.7 Å². The summed E-state index contributed by atoms with van der Waals surface area (Å²) in [4.78, 5) is 0. The Morgan fingerprint density at radius 1 is 0.350 bits per heavy atom. The quantitative estimate of drug-likeness (QED) is 0.203. The van der Waals surface area contributed by atoms with Crippen molar-refractivity contribution in [1.82, 2.24) is 0 Å². The molecule has 0 heterocycles. The molecule has 0 nitrogen and oxygen atoms in total. The van der Waals surface area contributed by atoms with Crippen molar-refractivity contribution < 1.29 is 20.6 Å². The summed E-state index contributed by atoms with van der Waals surface area (Å²) in [7, 11) is 0. The standard InChI is InChI=1S/C40H26/c1-2-14-29-26-30(25-24-27(29)12-1)32-17-5-6-18-33(32)39-35-19-7-9-21-37(35)40(38-22-10-8-20-36(38)39)34-23-11-15-28-13-3-4-16-31(28)34/h1-26H/i3D,4D,7D,8D,9D,10D,11D,13D,15D,16D,19D,20D,21D,22D,23D. The van der Waals surface area contributed by atoms with Crippen LogP contribution in [0.3, 0.4) is 0 Å². The van der Waals surface area contributed by atoms with E-state index in [1.54, 1.807) is 24.3 Å². The van der Waals surface area contributed by atoms with Crippen LogP contribution in [0.4, 0.5) is 0 Å². The van der Waals surface area contributed by atoms with Crippen LogP contribution < -0.4 is 0 Å². The highest BCUT2D eigenvalue weighted by Gasteiger charge is 2.19. The van der Waals surface area contributed by atoms with E-state index in [0.29, 0.717) is 16.7 Å².